The summed E-state index contributed by atoms with van der Waals surface area (Å²) in [6.07, 6.45) is 4.03. The fourth-order valence-electron chi connectivity index (χ4n) is 3.42. The summed E-state index contributed by atoms with van der Waals surface area (Å²) in [5.74, 6) is 0.0808. The van der Waals surface area contributed by atoms with E-state index in [1.807, 2.05) is 0 Å². The number of amides is 4. The van der Waals surface area contributed by atoms with Gasteiger partial charge in [-0.1, -0.05) is 19.3 Å². The zero-order valence-electron chi connectivity index (χ0n) is 13.0. The van der Waals surface area contributed by atoms with Gasteiger partial charge >= 0.3 is 6.03 Å². The molecule has 126 valence electrons. The molecular formula is C16H17N3O5. The van der Waals surface area contributed by atoms with Crippen LogP contribution in [-0.2, 0) is 4.79 Å². The van der Waals surface area contributed by atoms with Crippen molar-refractivity contribution in [1.29, 1.82) is 0 Å². The van der Waals surface area contributed by atoms with Gasteiger partial charge in [0.25, 0.3) is 11.8 Å². The minimum Gasteiger partial charge on any atom is -0.454 e. The lowest BCUT2D eigenvalue weighted by molar-refractivity contribution is -0.134. The third-order valence-electron chi connectivity index (χ3n) is 4.72. The van der Waals surface area contributed by atoms with E-state index in [4.69, 9.17) is 9.47 Å². The van der Waals surface area contributed by atoms with E-state index in [1.54, 1.807) is 12.1 Å². The highest BCUT2D eigenvalue weighted by molar-refractivity contribution is 6.09. The number of imide groups is 1. The quantitative estimate of drug-likeness (QED) is 0.797. The van der Waals surface area contributed by atoms with Gasteiger partial charge in [0, 0.05) is 5.56 Å². The summed E-state index contributed by atoms with van der Waals surface area (Å²) in [6.45, 7) is 0.107. The van der Waals surface area contributed by atoms with Crippen LogP contribution in [0.25, 0.3) is 0 Å². The summed E-state index contributed by atoms with van der Waals surface area (Å²) in [5, 5.41) is 3.54. The predicted octanol–water partition coefficient (Wildman–Crippen LogP) is 1.31. The summed E-state index contributed by atoms with van der Waals surface area (Å²) in [6, 6.07) is 4.10. The highest BCUT2D eigenvalue weighted by Gasteiger charge is 2.52. The fourth-order valence-corrected chi connectivity index (χ4v) is 3.42. The Morgan fingerprint density at radius 1 is 1.12 bits per heavy atom. The van der Waals surface area contributed by atoms with Crippen LogP contribution in [0.4, 0.5) is 4.79 Å². The van der Waals surface area contributed by atoms with E-state index in [9.17, 15) is 14.4 Å². The van der Waals surface area contributed by atoms with E-state index in [0.29, 0.717) is 24.3 Å². The number of nitrogens with zero attached hydrogens (tertiary/aromatic N) is 1. The first kappa shape index (κ1) is 14.8. The molecule has 24 heavy (non-hydrogen) atoms. The highest BCUT2D eigenvalue weighted by Crippen LogP contribution is 2.34. The molecule has 8 nitrogen and oxygen atoms in total. The third-order valence-corrected chi connectivity index (χ3v) is 4.72. The Balaban J connectivity index is 1.51. The van der Waals surface area contributed by atoms with Crippen LogP contribution in [-0.4, -0.2) is 35.2 Å². The fraction of sp³-hybridized carbons (Fsp3) is 0.438. The number of benzene rings is 1. The molecule has 4 amide bonds. The number of rotatable bonds is 2. The minimum absolute atomic E-state index is 0.107. The Labute approximate surface area is 138 Å². The molecular weight excluding hydrogens is 314 g/mol. The van der Waals surface area contributed by atoms with Crippen LogP contribution in [0.2, 0.25) is 0 Å². The monoisotopic (exact) mass is 331 g/mol. The SMILES string of the molecule is O=C(NN1C(=O)NC2(CCCCC2)C1=O)c1ccc2c(c1)OCO2. The minimum atomic E-state index is -0.864. The molecule has 2 aliphatic heterocycles. The van der Waals surface area contributed by atoms with Gasteiger partial charge in [-0.15, -0.1) is 0 Å². The van der Waals surface area contributed by atoms with Gasteiger partial charge in [0.2, 0.25) is 6.79 Å². The van der Waals surface area contributed by atoms with Crippen LogP contribution in [0.5, 0.6) is 11.5 Å². The molecule has 0 bridgehead atoms. The molecule has 2 fully saturated rings. The summed E-state index contributed by atoms with van der Waals surface area (Å²) in [5.41, 5.74) is 1.81. The summed E-state index contributed by atoms with van der Waals surface area (Å²) in [7, 11) is 0. The van der Waals surface area contributed by atoms with E-state index in [1.165, 1.54) is 6.07 Å². The van der Waals surface area contributed by atoms with Crippen molar-refractivity contribution >= 4 is 17.8 Å². The largest absolute Gasteiger partial charge is 0.454 e. The molecule has 2 heterocycles. The first-order valence-electron chi connectivity index (χ1n) is 7.96. The van der Waals surface area contributed by atoms with Crippen LogP contribution >= 0.6 is 0 Å². The predicted molar refractivity (Wildman–Crippen MR) is 81.2 cm³/mol. The van der Waals surface area contributed by atoms with E-state index in [2.05, 4.69) is 10.7 Å². The molecule has 1 aromatic rings. The Morgan fingerprint density at radius 2 is 1.88 bits per heavy atom. The third kappa shape index (κ3) is 2.26. The standard InChI is InChI=1S/C16H17N3O5/c20-13(10-4-5-11-12(8-10)24-9-23-11)18-19-14(21)16(17-15(19)22)6-2-1-3-7-16/h4-5,8H,1-3,6-7,9H2,(H,17,22)(H,18,20). The van der Waals surface area contributed by atoms with Crippen molar-refractivity contribution in [3.05, 3.63) is 23.8 Å². The smallest absolute Gasteiger partial charge is 0.344 e. The topological polar surface area (TPSA) is 97.0 Å². The molecule has 0 unspecified atom stereocenters. The van der Waals surface area contributed by atoms with Crippen molar-refractivity contribution < 1.29 is 23.9 Å². The number of carbonyl (C=O) groups is 3. The van der Waals surface area contributed by atoms with Crippen molar-refractivity contribution in [3.8, 4) is 11.5 Å². The Hall–Kier alpha value is -2.77. The van der Waals surface area contributed by atoms with Gasteiger partial charge in [-0.3, -0.25) is 15.0 Å². The summed E-state index contributed by atoms with van der Waals surface area (Å²) < 4.78 is 10.4. The molecule has 1 saturated carbocycles. The van der Waals surface area contributed by atoms with E-state index in [0.717, 1.165) is 24.3 Å². The number of ether oxygens (including phenoxy) is 2. The van der Waals surface area contributed by atoms with Crippen molar-refractivity contribution in [1.82, 2.24) is 15.8 Å². The molecule has 0 radical (unpaired) electrons. The lowest BCUT2D eigenvalue weighted by atomic mass is 9.82. The van der Waals surface area contributed by atoms with Gasteiger partial charge in [0.1, 0.15) is 5.54 Å². The van der Waals surface area contributed by atoms with Crippen molar-refractivity contribution in [3.63, 3.8) is 0 Å². The van der Waals surface area contributed by atoms with Gasteiger partial charge < -0.3 is 14.8 Å². The normalized spacial score (nSPS) is 21.1. The maximum Gasteiger partial charge on any atom is 0.344 e. The first-order valence-corrected chi connectivity index (χ1v) is 7.96. The van der Waals surface area contributed by atoms with Gasteiger partial charge in [-0.25, -0.2) is 4.79 Å². The van der Waals surface area contributed by atoms with Gasteiger partial charge in [-0.2, -0.15) is 5.01 Å². The Morgan fingerprint density at radius 3 is 2.67 bits per heavy atom. The molecule has 1 aliphatic carbocycles. The van der Waals surface area contributed by atoms with Crippen LogP contribution < -0.4 is 20.2 Å². The maximum absolute atomic E-state index is 12.6. The zero-order valence-corrected chi connectivity index (χ0v) is 13.0. The van der Waals surface area contributed by atoms with Crippen LogP contribution in [0.1, 0.15) is 42.5 Å². The molecule has 4 rings (SSSR count). The van der Waals surface area contributed by atoms with Gasteiger partial charge in [-0.05, 0) is 31.0 Å². The lowest BCUT2D eigenvalue weighted by Gasteiger charge is -2.30. The number of hydrogen-bond acceptors (Lipinski definition) is 5. The van der Waals surface area contributed by atoms with Crippen LogP contribution in [0, 0.1) is 0 Å². The summed E-state index contributed by atoms with van der Waals surface area (Å²) >= 11 is 0. The van der Waals surface area contributed by atoms with E-state index < -0.39 is 17.5 Å². The molecule has 1 saturated heterocycles. The second-order valence-electron chi connectivity index (χ2n) is 6.22. The summed E-state index contributed by atoms with van der Waals surface area (Å²) in [4.78, 5) is 37.2. The van der Waals surface area contributed by atoms with E-state index in [-0.39, 0.29) is 18.3 Å². The Bertz CT molecular complexity index is 726. The lowest BCUT2D eigenvalue weighted by Crippen LogP contribution is -2.50. The first-order chi connectivity index (χ1) is 11.6. The molecule has 0 atom stereocenters. The molecule has 1 aromatic carbocycles. The van der Waals surface area contributed by atoms with Crippen molar-refractivity contribution in [2.45, 2.75) is 37.6 Å². The zero-order chi connectivity index (χ0) is 16.7. The number of hydrogen-bond donors (Lipinski definition) is 2. The molecule has 2 N–H and O–H groups in total. The molecule has 8 heteroatoms. The van der Waals surface area contributed by atoms with Gasteiger partial charge in [0.15, 0.2) is 11.5 Å². The maximum atomic E-state index is 12.6. The second-order valence-corrected chi connectivity index (χ2v) is 6.22. The molecule has 3 aliphatic rings. The molecule has 1 spiro atoms. The average Bonchev–Trinajstić information content (AvgIpc) is 3.14. The van der Waals surface area contributed by atoms with Crippen molar-refractivity contribution in [2.24, 2.45) is 0 Å². The van der Waals surface area contributed by atoms with Crippen LogP contribution in [0.3, 0.4) is 0 Å². The van der Waals surface area contributed by atoms with Crippen LogP contribution in [0.15, 0.2) is 18.2 Å². The number of hydrazine groups is 1. The van der Waals surface area contributed by atoms with Gasteiger partial charge in [0.05, 0.1) is 0 Å². The number of carbonyl (C=O) groups excluding carboxylic acids is 3. The Kier molecular flexibility index (Phi) is 3.33. The second kappa shape index (κ2) is 5.40. The average molecular weight is 331 g/mol. The number of fused-ring (bicyclic) bond motifs is 1. The van der Waals surface area contributed by atoms with E-state index >= 15 is 0 Å². The highest BCUT2D eigenvalue weighted by atomic mass is 16.7. The molecule has 0 aromatic heterocycles. The van der Waals surface area contributed by atoms with Crippen molar-refractivity contribution in [2.75, 3.05) is 6.79 Å². The number of nitrogens with one attached hydrogen (secondary N) is 2. The number of urea groups is 1.